The molecule has 1 aliphatic heterocycles. The van der Waals surface area contributed by atoms with Crippen LogP contribution >= 0.6 is 12.4 Å². The van der Waals surface area contributed by atoms with E-state index in [9.17, 15) is 23.7 Å². The summed E-state index contributed by atoms with van der Waals surface area (Å²) in [5.41, 5.74) is 0.334. The number of fused-ring (bicyclic) bond motifs is 1. The third kappa shape index (κ3) is 3.37. The van der Waals surface area contributed by atoms with E-state index in [-0.39, 0.29) is 23.9 Å². The maximum absolute atomic E-state index is 13.1. The molecule has 1 unspecified atom stereocenters. The molecule has 0 bridgehead atoms. The molecule has 1 atom stereocenters. The zero-order chi connectivity index (χ0) is 15.9. The minimum atomic E-state index is -2.92. The van der Waals surface area contributed by atoms with Gasteiger partial charge in [0.25, 0.3) is 11.6 Å². The standard InChI is InChI=1S/C12H11F2N5O3.ClH/c13-12(14)4-9(15-5-12)11(20)16-10-7-3-6(19(21)22)1-2-8(7)17-18-10;/h1-3,9,15H,4-5H2,(H2,16,17,18,20);1H. The third-order valence-electron chi connectivity index (χ3n) is 3.43. The van der Waals surface area contributed by atoms with Gasteiger partial charge >= 0.3 is 0 Å². The Hall–Kier alpha value is -2.33. The van der Waals surface area contributed by atoms with Gasteiger partial charge in [0.15, 0.2) is 5.82 Å². The largest absolute Gasteiger partial charge is 0.307 e. The minimum absolute atomic E-state index is 0. The van der Waals surface area contributed by atoms with Crippen LogP contribution < -0.4 is 10.6 Å². The summed E-state index contributed by atoms with van der Waals surface area (Å²) < 4.78 is 26.2. The van der Waals surface area contributed by atoms with E-state index in [1.165, 1.54) is 18.2 Å². The number of carbonyl (C=O) groups excluding carboxylic acids is 1. The lowest BCUT2D eigenvalue weighted by Crippen LogP contribution is -2.35. The predicted molar refractivity (Wildman–Crippen MR) is 80.0 cm³/mol. The number of anilines is 1. The first-order valence-electron chi connectivity index (χ1n) is 6.40. The molecule has 1 aromatic carbocycles. The number of aromatic nitrogens is 2. The van der Waals surface area contributed by atoms with Crippen LogP contribution in [0.1, 0.15) is 6.42 Å². The number of aromatic amines is 1. The van der Waals surface area contributed by atoms with Gasteiger partial charge in [0.1, 0.15) is 0 Å². The molecule has 2 aromatic rings. The van der Waals surface area contributed by atoms with Crippen LogP contribution in [0, 0.1) is 10.1 Å². The molecular formula is C12H12ClF2N5O3. The summed E-state index contributed by atoms with van der Waals surface area (Å²) in [6, 6.07) is 2.98. The molecule has 23 heavy (non-hydrogen) atoms. The van der Waals surface area contributed by atoms with Gasteiger partial charge in [-0.2, -0.15) is 5.10 Å². The Labute approximate surface area is 134 Å². The van der Waals surface area contributed by atoms with Gasteiger partial charge in [0.2, 0.25) is 5.91 Å². The van der Waals surface area contributed by atoms with Crippen LogP contribution in [0.2, 0.25) is 0 Å². The van der Waals surface area contributed by atoms with Gasteiger partial charge < -0.3 is 5.32 Å². The number of rotatable bonds is 3. The molecule has 124 valence electrons. The van der Waals surface area contributed by atoms with Gasteiger partial charge in [-0.15, -0.1) is 12.4 Å². The molecule has 1 amide bonds. The normalized spacial score (nSPS) is 19.3. The zero-order valence-corrected chi connectivity index (χ0v) is 12.3. The molecular weight excluding hydrogens is 336 g/mol. The van der Waals surface area contributed by atoms with Gasteiger partial charge in [0.05, 0.1) is 28.4 Å². The van der Waals surface area contributed by atoms with Crippen LogP contribution in [0.4, 0.5) is 20.3 Å². The lowest BCUT2D eigenvalue weighted by atomic mass is 10.1. The monoisotopic (exact) mass is 347 g/mol. The highest BCUT2D eigenvalue weighted by atomic mass is 35.5. The van der Waals surface area contributed by atoms with Gasteiger partial charge in [0, 0.05) is 18.6 Å². The number of halogens is 3. The van der Waals surface area contributed by atoms with Crippen LogP contribution in [0.5, 0.6) is 0 Å². The van der Waals surface area contributed by atoms with Crippen molar-refractivity contribution in [2.24, 2.45) is 0 Å². The highest BCUT2D eigenvalue weighted by molar-refractivity contribution is 6.02. The Morgan fingerprint density at radius 3 is 2.83 bits per heavy atom. The number of nitro benzene ring substituents is 1. The number of nitrogens with zero attached hydrogens (tertiary/aromatic N) is 2. The molecule has 1 saturated heterocycles. The summed E-state index contributed by atoms with van der Waals surface area (Å²) in [4.78, 5) is 22.2. The van der Waals surface area contributed by atoms with Gasteiger partial charge in [-0.05, 0) is 6.07 Å². The van der Waals surface area contributed by atoms with Crippen molar-refractivity contribution < 1.29 is 18.5 Å². The van der Waals surface area contributed by atoms with Gasteiger partial charge in [-0.25, -0.2) is 8.78 Å². The first-order valence-corrected chi connectivity index (χ1v) is 6.40. The number of alkyl halides is 2. The van der Waals surface area contributed by atoms with E-state index in [4.69, 9.17) is 0 Å². The van der Waals surface area contributed by atoms with E-state index in [2.05, 4.69) is 20.8 Å². The molecule has 2 heterocycles. The molecule has 0 spiro atoms. The van der Waals surface area contributed by atoms with E-state index >= 15 is 0 Å². The van der Waals surface area contributed by atoms with Crippen LogP contribution in [0.25, 0.3) is 10.9 Å². The maximum atomic E-state index is 13.1. The average molecular weight is 348 g/mol. The Bertz CT molecular complexity index is 766. The quantitative estimate of drug-likeness (QED) is 0.579. The Kier molecular flexibility index (Phi) is 4.48. The van der Waals surface area contributed by atoms with Crippen LogP contribution in [-0.4, -0.2) is 39.5 Å². The average Bonchev–Trinajstić information content (AvgIpc) is 3.02. The molecule has 11 heteroatoms. The van der Waals surface area contributed by atoms with E-state index in [0.717, 1.165) is 0 Å². The Morgan fingerprint density at radius 1 is 1.48 bits per heavy atom. The van der Waals surface area contributed by atoms with E-state index in [1.54, 1.807) is 0 Å². The number of amides is 1. The van der Waals surface area contributed by atoms with Crippen molar-refractivity contribution in [3.05, 3.63) is 28.3 Å². The first-order chi connectivity index (χ1) is 10.4. The molecule has 1 fully saturated rings. The first kappa shape index (κ1) is 17.0. The van der Waals surface area contributed by atoms with E-state index < -0.39 is 35.8 Å². The summed E-state index contributed by atoms with van der Waals surface area (Å²) >= 11 is 0. The highest BCUT2D eigenvalue weighted by Gasteiger charge is 2.42. The molecule has 0 radical (unpaired) electrons. The second-order valence-corrected chi connectivity index (χ2v) is 5.04. The summed E-state index contributed by atoms with van der Waals surface area (Å²) in [6.45, 7) is -0.558. The smallest absolute Gasteiger partial charge is 0.270 e. The molecule has 1 aromatic heterocycles. The molecule has 0 aliphatic carbocycles. The molecule has 3 rings (SSSR count). The van der Waals surface area contributed by atoms with Crippen molar-refractivity contribution in [2.75, 3.05) is 11.9 Å². The van der Waals surface area contributed by atoms with Crippen LogP contribution in [0.3, 0.4) is 0 Å². The topological polar surface area (TPSA) is 113 Å². The van der Waals surface area contributed by atoms with Crippen molar-refractivity contribution in [3.8, 4) is 0 Å². The SMILES string of the molecule is Cl.O=C(Nc1n[nH]c2ccc([N+](=O)[O-])cc12)C1CC(F)(F)CN1. The Balaban J connectivity index is 0.00000192. The summed E-state index contributed by atoms with van der Waals surface area (Å²) in [6.07, 6.45) is -0.596. The number of nitro groups is 1. The number of non-ortho nitro benzene ring substituents is 1. The fourth-order valence-corrected chi connectivity index (χ4v) is 2.32. The number of hydrogen-bond donors (Lipinski definition) is 3. The molecule has 8 nitrogen and oxygen atoms in total. The van der Waals surface area contributed by atoms with Crippen molar-refractivity contribution in [1.29, 1.82) is 0 Å². The van der Waals surface area contributed by atoms with E-state index in [1.807, 2.05) is 0 Å². The fraction of sp³-hybridized carbons (Fsp3) is 0.333. The van der Waals surface area contributed by atoms with Crippen molar-refractivity contribution in [2.45, 2.75) is 18.4 Å². The summed E-state index contributed by atoms with van der Waals surface area (Å²) in [5.74, 6) is -3.51. The highest BCUT2D eigenvalue weighted by Crippen LogP contribution is 2.28. The van der Waals surface area contributed by atoms with Crippen molar-refractivity contribution in [1.82, 2.24) is 15.5 Å². The maximum Gasteiger partial charge on any atom is 0.270 e. The number of H-pyrrole nitrogens is 1. The van der Waals surface area contributed by atoms with Gasteiger partial charge in [-0.3, -0.25) is 25.3 Å². The van der Waals surface area contributed by atoms with Crippen LogP contribution in [-0.2, 0) is 4.79 Å². The predicted octanol–water partition coefficient (Wildman–Crippen LogP) is 1.83. The minimum Gasteiger partial charge on any atom is -0.307 e. The van der Waals surface area contributed by atoms with Crippen LogP contribution in [0.15, 0.2) is 18.2 Å². The molecule has 0 saturated carbocycles. The third-order valence-corrected chi connectivity index (χ3v) is 3.43. The zero-order valence-electron chi connectivity index (χ0n) is 11.5. The fourth-order valence-electron chi connectivity index (χ4n) is 2.32. The summed E-state index contributed by atoms with van der Waals surface area (Å²) in [7, 11) is 0. The van der Waals surface area contributed by atoms with Crippen molar-refractivity contribution in [3.63, 3.8) is 0 Å². The van der Waals surface area contributed by atoms with Crippen molar-refractivity contribution >= 4 is 40.7 Å². The molecule has 3 N–H and O–H groups in total. The lowest BCUT2D eigenvalue weighted by Gasteiger charge is -2.09. The lowest BCUT2D eigenvalue weighted by molar-refractivity contribution is -0.384. The molecule has 1 aliphatic rings. The number of benzene rings is 1. The Morgan fingerprint density at radius 2 is 2.22 bits per heavy atom. The van der Waals surface area contributed by atoms with E-state index in [0.29, 0.717) is 10.9 Å². The summed E-state index contributed by atoms with van der Waals surface area (Å²) in [5, 5.41) is 22.4. The number of nitrogens with one attached hydrogen (secondary N) is 3. The second kappa shape index (κ2) is 6.05. The number of carbonyl (C=O) groups is 1. The number of hydrogen-bond acceptors (Lipinski definition) is 5. The second-order valence-electron chi connectivity index (χ2n) is 5.04. The van der Waals surface area contributed by atoms with Gasteiger partial charge in [-0.1, -0.05) is 0 Å².